The summed E-state index contributed by atoms with van der Waals surface area (Å²) in [5, 5.41) is 12.7. The Balaban J connectivity index is 1.58. The van der Waals surface area contributed by atoms with Crippen molar-refractivity contribution < 1.29 is 4.39 Å². The molecule has 3 nitrogen and oxygen atoms in total. The van der Waals surface area contributed by atoms with E-state index in [0.29, 0.717) is 0 Å². The van der Waals surface area contributed by atoms with E-state index in [1.165, 1.54) is 22.2 Å². The molecule has 0 saturated heterocycles. The van der Waals surface area contributed by atoms with Gasteiger partial charge in [-0.1, -0.05) is 60.7 Å². The van der Waals surface area contributed by atoms with Crippen molar-refractivity contribution in [1.29, 1.82) is 5.26 Å². The summed E-state index contributed by atoms with van der Waals surface area (Å²) in [5.41, 5.74) is 7.15. The fourth-order valence-electron chi connectivity index (χ4n) is 4.61. The number of H-pyrrole nitrogens is 1. The van der Waals surface area contributed by atoms with Gasteiger partial charge in [0.05, 0.1) is 11.3 Å². The fourth-order valence-corrected chi connectivity index (χ4v) is 4.61. The number of nitrogens with zero attached hydrogens (tertiary/aromatic N) is 2. The van der Waals surface area contributed by atoms with Crippen molar-refractivity contribution in [1.82, 2.24) is 9.97 Å². The molecular weight excluding hydrogens is 421 g/mol. The molecule has 160 valence electrons. The van der Waals surface area contributed by atoms with E-state index in [2.05, 4.69) is 58.5 Å². The third-order valence-corrected chi connectivity index (χ3v) is 6.25. The van der Waals surface area contributed by atoms with Crippen LogP contribution in [0.2, 0.25) is 0 Å². The van der Waals surface area contributed by atoms with E-state index in [1.54, 1.807) is 24.5 Å². The maximum Gasteiger partial charge on any atom is 0.140 e. The molecular formula is C30H18FN3. The van der Waals surface area contributed by atoms with Crippen LogP contribution in [0, 0.1) is 17.1 Å². The summed E-state index contributed by atoms with van der Waals surface area (Å²) in [6, 6.07) is 31.4. The molecule has 4 heteroatoms. The van der Waals surface area contributed by atoms with Gasteiger partial charge in [0, 0.05) is 34.4 Å². The second-order valence-electron chi connectivity index (χ2n) is 8.20. The number of halogens is 1. The van der Waals surface area contributed by atoms with Gasteiger partial charge in [-0.2, -0.15) is 5.26 Å². The highest BCUT2D eigenvalue weighted by molar-refractivity contribution is 6.17. The number of hydrogen-bond donors (Lipinski definition) is 1. The first-order chi connectivity index (χ1) is 16.7. The van der Waals surface area contributed by atoms with Gasteiger partial charge in [0.1, 0.15) is 11.9 Å². The summed E-state index contributed by atoms with van der Waals surface area (Å²) in [4.78, 5) is 7.81. The average molecular weight is 439 g/mol. The van der Waals surface area contributed by atoms with Crippen LogP contribution in [0.15, 0.2) is 103 Å². The van der Waals surface area contributed by atoms with E-state index < -0.39 is 5.82 Å². The van der Waals surface area contributed by atoms with Crippen molar-refractivity contribution in [2.45, 2.75) is 0 Å². The zero-order chi connectivity index (χ0) is 23.1. The second kappa shape index (κ2) is 7.99. The van der Waals surface area contributed by atoms with E-state index >= 15 is 0 Å². The topological polar surface area (TPSA) is 52.5 Å². The Morgan fingerprint density at radius 1 is 0.735 bits per heavy atom. The third kappa shape index (κ3) is 3.23. The van der Waals surface area contributed by atoms with Crippen molar-refractivity contribution in [2.24, 2.45) is 0 Å². The molecule has 0 atom stereocenters. The molecule has 0 aliphatic carbocycles. The van der Waals surface area contributed by atoms with Crippen molar-refractivity contribution in [3.8, 4) is 39.6 Å². The number of benzene rings is 4. The normalized spacial score (nSPS) is 11.1. The molecule has 6 rings (SSSR count). The Morgan fingerprint density at radius 2 is 1.47 bits per heavy atom. The molecule has 2 heterocycles. The van der Waals surface area contributed by atoms with E-state index in [-0.39, 0.29) is 5.56 Å². The number of aromatic nitrogens is 2. The summed E-state index contributed by atoms with van der Waals surface area (Å²) in [6.07, 6.45) is 3.60. The first kappa shape index (κ1) is 19.9. The fraction of sp³-hybridized carbons (Fsp3) is 0. The minimum atomic E-state index is -0.504. The largest absolute Gasteiger partial charge is 0.354 e. The van der Waals surface area contributed by atoms with Crippen LogP contribution in [-0.2, 0) is 0 Å². The Bertz CT molecular complexity index is 1710. The van der Waals surface area contributed by atoms with Crippen LogP contribution in [0.25, 0.3) is 55.2 Å². The van der Waals surface area contributed by atoms with Gasteiger partial charge in [-0.3, -0.25) is 4.98 Å². The smallest absolute Gasteiger partial charge is 0.140 e. The van der Waals surface area contributed by atoms with Crippen molar-refractivity contribution >= 4 is 21.7 Å². The predicted molar refractivity (Wildman–Crippen MR) is 135 cm³/mol. The maximum absolute atomic E-state index is 13.8. The first-order valence-electron chi connectivity index (χ1n) is 11.0. The van der Waals surface area contributed by atoms with E-state index in [1.807, 2.05) is 30.3 Å². The van der Waals surface area contributed by atoms with Crippen LogP contribution < -0.4 is 0 Å². The molecule has 6 aromatic rings. The van der Waals surface area contributed by atoms with Crippen molar-refractivity contribution in [2.75, 3.05) is 0 Å². The van der Waals surface area contributed by atoms with Gasteiger partial charge < -0.3 is 4.98 Å². The Labute approximate surface area is 195 Å². The molecule has 0 aliphatic rings. The number of rotatable bonds is 3. The summed E-state index contributed by atoms with van der Waals surface area (Å²) in [5.74, 6) is -0.504. The average Bonchev–Trinajstić information content (AvgIpc) is 3.30. The standard InChI is InChI=1S/C30H18FN3/c31-26-11-9-23(17-24(26)18-32)19-5-7-21(8-6-19)28-29-25-4-2-1-3-20(25)10-12-27(29)34-30(28)22-13-15-33-16-14-22/h1-17,34H. The molecule has 0 radical (unpaired) electrons. The molecule has 2 aromatic heterocycles. The third-order valence-electron chi connectivity index (χ3n) is 6.25. The molecule has 0 amide bonds. The zero-order valence-electron chi connectivity index (χ0n) is 18.1. The van der Waals surface area contributed by atoms with E-state index in [0.717, 1.165) is 39.0 Å². The molecule has 0 bridgehead atoms. The van der Waals surface area contributed by atoms with Gasteiger partial charge in [-0.25, -0.2) is 4.39 Å². The van der Waals surface area contributed by atoms with Crippen LogP contribution in [-0.4, -0.2) is 9.97 Å². The molecule has 34 heavy (non-hydrogen) atoms. The lowest BCUT2D eigenvalue weighted by molar-refractivity contribution is 0.624. The second-order valence-corrected chi connectivity index (χ2v) is 8.20. The summed E-state index contributed by atoms with van der Waals surface area (Å²) in [6.45, 7) is 0. The number of nitriles is 1. The SMILES string of the molecule is N#Cc1cc(-c2ccc(-c3c(-c4ccncc4)[nH]c4ccc5ccccc5c34)cc2)ccc1F. The Hall–Kier alpha value is -4.75. The van der Waals surface area contributed by atoms with Gasteiger partial charge in [0.2, 0.25) is 0 Å². The highest BCUT2D eigenvalue weighted by Gasteiger charge is 2.17. The minimum absolute atomic E-state index is 0.0460. The first-order valence-corrected chi connectivity index (χ1v) is 11.0. The van der Waals surface area contributed by atoms with Crippen molar-refractivity contribution in [3.05, 3.63) is 115 Å². The maximum atomic E-state index is 13.8. The quantitative estimate of drug-likeness (QED) is 0.307. The number of fused-ring (bicyclic) bond motifs is 3. The lowest BCUT2D eigenvalue weighted by Crippen LogP contribution is -1.87. The molecule has 4 aromatic carbocycles. The van der Waals surface area contributed by atoms with Crippen LogP contribution in [0.1, 0.15) is 5.56 Å². The monoisotopic (exact) mass is 439 g/mol. The summed E-state index contributed by atoms with van der Waals surface area (Å²) >= 11 is 0. The Morgan fingerprint density at radius 3 is 2.26 bits per heavy atom. The van der Waals surface area contributed by atoms with Gasteiger partial charge in [-0.15, -0.1) is 0 Å². The van der Waals surface area contributed by atoms with Gasteiger partial charge in [0.15, 0.2) is 0 Å². The van der Waals surface area contributed by atoms with Crippen LogP contribution in [0.4, 0.5) is 4.39 Å². The molecule has 0 spiro atoms. The molecule has 1 N–H and O–H groups in total. The highest BCUT2D eigenvalue weighted by atomic mass is 19.1. The van der Waals surface area contributed by atoms with Crippen LogP contribution in [0.3, 0.4) is 0 Å². The van der Waals surface area contributed by atoms with Gasteiger partial charge in [0.25, 0.3) is 0 Å². The lowest BCUT2D eigenvalue weighted by Gasteiger charge is -2.09. The van der Waals surface area contributed by atoms with E-state index in [4.69, 9.17) is 0 Å². The van der Waals surface area contributed by atoms with E-state index in [9.17, 15) is 9.65 Å². The molecule has 0 saturated carbocycles. The van der Waals surface area contributed by atoms with Crippen LogP contribution >= 0.6 is 0 Å². The highest BCUT2D eigenvalue weighted by Crippen LogP contribution is 2.42. The summed E-state index contributed by atoms with van der Waals surface area (Å²) in [7, 11) is 0. The number of hydrogen-bond acceptors (Lipinski definition) is 2. The molecule has 0 fully saturated rings. The predicted octanol–water partition coefficient (Wildman–Crippen LogP) is 7.73. The number of aromatic amines is 1. The van der Waals surface area contributed by atoms with Crippen molar-refractivity contribution in [3.63, 3.8) is 0 Å². The number of pyridine rings is 1. The van der Waals surface area contributed by atoms with Gasteiger partial charge in [-0.05, 0) is 57.8 Å². The molecule has 0 aliphatic heterocycles. The van der Waals surface area contributed by atoms with Gasteiger partial charge >= 0.3 is 0 Å². The summed E-state index contributed by atoms with van der Waals surface area (Å²) < 4.78 is 13.8. The lowest BCUT2D eigenvalue weighted by atomic mass is 9.94. The molecule has 0 unspecified atom stereocenters. The van der Waals surface area contributed by atoms with Crippen LogP contribution in [0.5, 0.6) is 0 Å². The Kier molecular flexibility index (Phi) is 4.67. The zero-order valence-corrected chi connectivity index (χ0v) is 18.1. The number of nitrogens with one attached hydrogen (secondary N) is 1. The minimum Gasteiger partial charge on any atom is -0.354 e.